The molecule has 1 aromatic heterocycles. The lowest BCUT2D eigenvalue weighted by molar-refractivity contribution is 0.0954. The molecule has 0 aliphatic heterocycles. The van der Waals surface area contributed by atoms with Crippen LogP contribution in [0.3, 0.4) is 0 Å². The predicted octanol–water partition coefficient (Wildman–Crippen LogP) is 2.18. The van der Waals surface area contributed by atoms with Gasteiger partial charge in [-0.3, -0.25) is 9.79 Å². The van der Waals surface area contributed by atoms with Gasteiger partial charge in [-0.15, -0.1) is 0 Å². The average Bonchev–Trinajstić information content (AvgIpc) is 3.10. The van der Waals surface area contributed by atoms with Crippen LogP contribution in [0.25, 0.3) is 0 Å². The molecule has 2 rings (SSSR count). The molecule has 1 amide bonds. The van der Waals surface area contributed by atoms with Crippen LogP contribution in [0.15, 0.2) is 56.5 Å². The number of nitrogens with zero attached hydrogens (tertiary/aromatic N) is 1. The highest BCUT2D eigenvalue weighted by Crippen LogP contribution is 2.11. The van der Waals surface area contributed by atoms with Crippen LogP contribution in [0.1, 0.15) is 16.1 Å². The summed E-state index contributed by atoms with van der Waals surface area (Å²) in [5, 5.41) is 9.21. The molecule has 0 radical (unpaired) electrons. The normalized spacial score (nSPS) is 11.2. The summed E-state index contributed by atoms with van der Waals surface area (Å²) in [6, 6.07) is 11.1. The largest absolute Gasteiger partial charge is 0.469 e. The van der Waals surface area contributed by atoms with Gasteiger partial charge in [0.1, 0.15) is 5.76 Å². The Kier molecular flexibility index (Phi) is 7.35. The van der Waals surface area contributed by atoms with Crippen LogP contribution in [0.2, 0.25) is 0 Å². The summed E-state index contributed by atoms with van der Waals surface area (Å²) in [5.74, 6) is 1.52. The third-order valence-corrected chi connectivity index (χ3v) is 3.75. The second-order valence-electron chi connectivity index (χ2n) is 5.02. The first-order chi connectivity index (χ1) is 11.7. The molecule has 24 heavy (non-hydrogen) atoms. The number of rotatable bonds is 7. The summed E-state index contributed by atoms with van der Waals surface area (Å²) in [7, 11) is 1.71. The number of halogens is 1. The lowest BCUT2D eigenvalue weighted by Gasteiger charge is -2.12. The number of hydrogen-bond acceptors (Lipinski definition) is 3. The summed E-state index contributed by atoms with van der Waals surface area (Å²) in [4.78, 5) is 16.1. The van der Waals surface area contributed by atoms with Crippen molar-refractivity contribution >= 4 is 27.8 Å². The topological polar surface area (TPSA) is 78.7 Å². The fourth-order valence-electron chi connectivity index (χ4n) is 2.07. The molecule has 0 saturated carbocycles. The zero-order chi connectivity index (χ0) is 17.2. The minimum atomic E-state index is -0.0983. The maximum atomic E-state index is 12.0. The quantitative estimate of drug-likeness (QED) is 0.383. The number of furan rings is 1. The van der Waals surface area contributed by atoms with Gasteiger partial charge in [0.2, 0.25) is 0 Å². The van der Waals surface area contributed by atoms with Gasteiger partial charge in [-0.25, -0.2) is 0 Å². The lowest BCUT2D eigenvalue weighted by Crippen LogP contribution is -2.42. The summed E-state index contributed by atoms with van der Waals surface area (Å²) in [5.41, 5.74) is 0.630. The molecule has 0 unspecified atom stereocenters. The third kappa shape index (κ3) is 6.08. The van der Waals surface area contributed by atoms with E-state index in [4.69, 9.17) is 4.42 Å². The molecule has 0 spiro atoms. The average molecular weight is 393 g/mol. The summed E-state index contributed by atoms with van der Waals surface area (Å²) >= 11 is 3.36. The minimum Gasteiger partial charge on any atom is -0.469 e. The van der Waals surface area contributed by atoms with Crippen LogP contribution in [0.5, 0.6) is 0 Å². The number of hydrogen-bond donors (Lipinski definition) is 3. The Labute approximate surface area is 149 Å². The van der Waals surface area contributed by atoms with E-state index >= 15 is 0 Å². The maximum Gasteiger partial charge on any atom is 0.251 e. The molecule has 128 valence electrons. The number of benzene rings is 1. The van der Waals surface area contributed by atoms with Crippen molar-refractivity contribution in [3.05, 3.63) is 58.5 Å². The van der Waals surface area contributed by atoms with Crippen LogP contribution >= 0.6 is 15.9 Å². The number of aliphatic imine (C=N–C) groups is 1. The Morgan fingerprint density at radius 1 is 1.12 bits per heavy atom. The van der Waals surface area contributed by atoms with Crippen molar-refractivity contribution in [1.82, 2.24) is 16.0 Å². The van der Waals surface area contributed by atoms with Crippen LogP contribution in [-0.4, -0.2) is 38.5 Å². The van der Waals surface area contributed by atoms with Crippen molar-refractivity contribution in [2.24, 2.45) is 4.99 Å². The summed E-state index contributed by atoms with van der Waals surface area (Å²) < 4.78 is 6.16. The van der Waals surface area contributed by atoms with E-state index in [2.05, 4.69) is 36.9 Å². The number of carbonyl (C=O) groups is 1. The van der Waals surface area contributed by atoms with Crippen LogP contribution in [-0.2, 0) is 6.42 Å². The van der Waals surface area contributed by atoms with E-state index in [0.717, 1.165) is 23.2 Å². The van der Waals surface area contributed by atoms with Gasteiger partial charge in [0.15, 0.2) is 5.96 Å². The highest BCUT2D eigenvalue weighted by molar-refractivity contribution is 9.10. The smallest absolute Gasteiger partial charge is 0.251 e. The Bertz CT molecular complexity index is 671. The van der Waals surface area contributed by atoms with Crippen molar-refractivity contribution in [2.45, 2.75) is 6.42 Å². The van der Waals surface area contributed by atoms with Gasteiger partial charge in [0, 0.05) is 43.1 Å². The minimum absolute atomic E-state index is 0.0983. The first-order valence-corrected chi connectivity index (χ1v) is 8.49. The molecule has 0 aliphatic rings. The number of nitrogens with one attached hydrogen (secondary N) is 3. The molecule has 3 N–H and O–H groups in total. The van der Waals surface area contributed by atoms with E-state index in [-0.39, 0.29) is 5.91 Å². The monoisotopic (exact) mass is 392 g/mol. The summed E-state index contributed by atoms with van der Waals surface area (Å²) in [6.45, 7) is 1.81. The Morgan fingerprint density at radius 3 is 2.62 bits per heavy atom. The SMILES string of the molecule is CN=C(NCCNC(=O)c1cccc(Br)c1)NCCc1ccco1. The zero-order valence-electron chi connectivity index (χ0n) is 13.5. The fourth-order valence-corrected chi connectivity index (χ4v) is 2.47. The van der Waals surface area contributed by atoms with E-state index in [1.807, 2.05) is 24.3 Å². The van der Waals surface area contributed by atoms with Gasteiger partial charge in [-0.2, -0.15) is 0 Å². The molecule has 0 atom stereocenters. The van der Waals surface area contributed by atoms with Gasteiger partial charge in [0.05, 0.1) is 6.26 Å². The molecule has 0 fully saturated rings. The fraction of sp³-hybridized carbons (Fsp3) is 0.294. The highest BCUT2D eigenvalue weighted by Gasteiger charge is 2.05. The zero-order valence-corrected chi connectivity index (χ0v) is 15.1. The number of guanidine groups is 1. The summed E-state index contributed by atoms with van der Waals surface area (Å²) in [6.07, 6.45) is 2.45. The first-order valence-electron chi connectivity index (χ1n) is 7.69. The molecule has 1 aromatic carbocycles. The molecule has 6 nitrogen and oxygen atoms in total. The molecule has 0 bridgehead atoms. The van der Waals surface area contributed by atoms with Gasteiger partial charge in [0.25, 0.3) is 5.91 Å². The van der Waals surface area contributed by atoms with Gasteiger partial charge in [-0.05, 0) is 30.3 Å². The highest BCUT2D eigenvalue weighted by atomic mass is 79.9. The Hall–Kier alpha value is -2.28. The van der Waals surface area contributed by atoms with Crippen molar-refractivity contribution in [2.75, 3.05) is 26.7 Å². The van der Waals surface area contributed by atoms with E-state index < -0.39 is 0 Å². The van der Waals surface area contributed by atoms with Crippen LogP contribution in [0, 0.1) is 0 Å². The van der Waals surface area contributed by atoms with Gasteiger partial charge in [-0.1, -0.05) is 22.0 Å². The number of amides is 1. The van der Waals surface area contributed by atoms with E-state index in [1.54, 1.807) is 25.4 Å². The van der Waals surface area contributed by atoms with E-state index in [0.29, 0.717) is 24.6 Å². The molecular formula is C17H21BrN4O2. The Balaban J connectivity index is 1.64. The van der Waals surface area contributed by atoms with Crippen molar-refractivity contribution in [3.8, 4) is 0 Å². The van der Waals surface area contributed by atoms with E-state index in [1.165, 1.54) is 0 Å². The molecule has 2 aromatic rings. The second-order valence-corrected chi connectivity index (χ2v) is 5.94. The molecule has 0 aliphatic carbocycles. The molecular weight excluding hydrogens is 372 g/mol. The Morgan fingerprint density at radius 2 is 1.92 bits per heavy atom. The van der Waals surface area contributed by atoms with Crippen molar-refractivity contribution < 1.29 is 9.21 Å². The second kappa shape index (κ2) is 9.77. The van der Waals surface area contributed by atoms with Gasteiger partial charge < -0.3 is 20.4 Å². The van der Waals surface area contributed by atoms with Gasteiger partial charge >= 0.3 is 0 Å². The standard InChI is InChI=1S/C17H21BrN4O2/c1-19-17(21-8-7-15-6-3-11-24-15)22-10-9-20-16(23)13-4-2-5-14(18)12-13/h2-6,11-12H,7-10H2,1H3,(H,20,23)(H2,19,21,22). The van der Waals surface area contributed by atoms with Crippen molar-refractivity contribution in [3.63, 3.8) is 0 Å². The van der Waals surface area contributed by atoms with Crippen LogP contribution in [0.4, 0.5) is 0 Å². The maximum absolute atomic E-state index is 12.0. The van der Waals surface area contributed by atoms with Crippen LogP contribution < -0.4 is 16.0 Å². The van der Waals surface area contributed by atoms with E-state index in [9.17, 15) is 4.79 Å². The predicted molar refractivity (Wildman–Crippen MR) is 98.3 cm³/mol. The third-order valence-electron chi connectivity index (χ3n) is 3.26. The number of carbonyl (C=O) groups excluding carboxylic acids is 1. The first kappa shape index (κ1) is 18.1. The lowest BCUT2D eigenvalue weighted by atomic mass is 10.2. The van der Waals surface area contributed by atoms with Crippen molar-refractivity contribution in [1.29, 1.82) is 0 Å². The molecule has 1 heterocycles. The molecule has 7 heteroatoms. The molecule has 0 saturated heterocycles.